The number of hydrogen-bond acceptors (Lipinski definition) is 5. The van der Waals surface area contributed by atoms with Crippen molar-refractivity contribution in [3.8, 4) is 0 Å². The Morgan fingerprint density at radius 1 is 1.24 bits per heavy atom. The van der Waals surface area contributed by atoms with Crippen LogP contribution in [0.2, 0.25) is 0 Å². The zero-order valence-electron chi connectivity index (χ0n) is 13.4. The van der Waals surface area contributed by atoms with Gasteiger partial charge in [0, 0.05) is 19.7 Å². The molecule has 0 atom stereocenters. The van der Waals surface area contributed by atoms with E-state index in [1.54, 1.807) is 38.0 Å². The van der Waals surface area contributed by atoms with E-state index in [0.29, 0.717) is 0 Å². The number of aromatic nitrogens is 2. The molecule has 21 heavy (non-hydrogen) atoms. The third-order valence-corrected chi connectivity index (χ3v) is 3.51. The molecule has 0 fully saturated rings. The van der Waals surface area contributed by atoms with Gasteiger partial charge in [0.25, 0.3) is 0 Å². The quantitative estimate of drug-likeness (QED) is 0.566. The van der Waals surface area contributed by atoms with Crippen LogP contribution in [0.15, 0.2) is 12.4 Å². The first-order chi connectivity index (χ1) is 9.88. The van der Waals surface area contributed by atoms with Gasteiger partial charge in [-0.1, -0.05) is 13.8 Å². The number of ether oxygens (including phenoxy) is 2. The van der Waals surface area contributed by atoms with Gasteiger partial charge in [-0.15, -0.1) is 0 Å². The molecular formula is C15H24N2O4. The van der Waals surface area contributed by atoms with Crippen molar-refractivity contribution in [3.05, 3.63) is 18.0 Å². The van der Waals surface area contributed by atoms with Crippen molar-refractivity contribution in [1.82, 2.24) is 9.78 Å². The summed E-state index contributed by atoms with van der Waals surface area (Å²) in [5, 5.41) is 4.08. The highest BCUT2D eigenvalue weighted by molar-refractivity contribution is 6.00. The lowest BCUT2D eigenvalue weighted by Crippen LogP contribution is -2.48. The van der Waals surface area contributed by atoms with Gasteiger partial charge in [0.15, 0.2) is 5.41 Å². The average molecular weight is 296 g/mol. The van der Waals surface area contributed by atoms with E-state index in [1.807, 2.05) is 13.8 Å². The number of carbonyl (C=O) groups excluding carboxylic acids is 2. The Morgan fingerprint density at radius 3 is 2.10 bits per heavy atom. The summed E-state index contributed by atoms with van der Waals surface area (Å²) in [4.78, 5) is 25.0. The molecule has 118 valence electrons. The number of aryl methyl sites for hydroxylation is 1. The summed E-state index contributed by atoms with van der Waals surface area (Å²) < 4.78 is 11.9. The molecule has 0 aliphatic carbocycles. The van der Waals surface area contributed by atoms with Crippen LogP contribution in [-0.4, -0.2) is 34.9 Å². The topological polar surface area (TPSA) is 70.4 Å². The molecule has 0 aliphatic rings. The predicted molar refractivity (Wildman–Crippen MR) is 77.4 cm³/mol. The van der Waals surface area contributed by atoms with Gasteiger partial charge in [-0.05, 0) is 25.3 Å². The number of nitrogens with zero attached hydrogens (tertiary/aromatic N) is 2. The van der Waals surface area contributed by atoms with Crippen LogP contribution in [0.3, 0.4) is 0 Å². The smallest absolute Gasteiger partial charge is 0.324 e. The van der Waals surface area contributed by atoms with Crippen LogP contribution in [0.1, 0.15) is 33.3 Å². The van der Waals surface area contributed by atoms with Crippen molar-refractivity contribution in [3.63, 3.8) is 0 Å². The van der Waals surface area contributed by atoms with E-state index in [0.717, 1.165) is 5.56 Å². The first-order valence-electron chi connectivity index (χ1n) is 7.20. The van der Waals surface area contributed by atoms with Gasteiger partial charge in [-0.25, -0.2) is 0 Å². The Balaban J connectivity index is 3.22. The number of esters is 2. The Hall–Kier alpha value is -1.85. The largest absolute Gasteiger partial charge is 0.465 e. The van der Waals surface area contributed by atoms with E-state index in [2.05, 4.69) is 5.10 Å². The highest BCUT2D eigenvalue weighted by atomic mass is 16.6. The van der Waals surface area contributed by atoms with Crippen LogP contribution in [0, 0.1) is 11.3 Å². The summed E-state index contributed by atoms with van der Waals surface area (Å²) in [5.74, 6) is -1.33. The first-order valence-corrected chi connectivity index (χ1v) is 7.20. The second-order valence-electron chi connectivity index (χ2n) is 5.27. The normalized spacial score (nSPS) is 11.5. The maximum atomic E-state index is 12.5. The van der Waals surface area contributed by atoms with Crippen LogP contribution in [0.25, 0.3) is 0 Å². The number of hydrogen-bond donors (Lipinski definition) is 0. The molecule has 0 N–H and O–H groups in total. The maximum Gasteiger partial charge on any atom is 0.324 e. The van der Waals surface area contributed by atoms with Crippen LogP contribution < -0.4 is 0 Å². The summed E-state index contributed by atoms with van der Waals surface area (Å²) >= 11 is 0. The number of rotatable bonds is 7. The SMILES string of the molecule is CCOC(=O)C(Cc1cnn(C)c1)(C(=O)OCC)C(C)C. The van der Waals surface area contributed by atoms with Gasteiger partial charge in [0.05, 0.1) is 19.4 Å². The number of carbonyl (C=O) groups is 2. The molecule has 1 aromatic rings. The predicted octanol–water partition coefficient (Wildman–Crippen LogP) is 1.73. The molecule has 0 spiro atoms. The molecule has 1 rings (SSSR count). The van der Waals surface area contributed by atoms with E-state index in [9.17, 15) is 9.59 Å². The molecule has 0 radical (unpaired) electrons. The van der Waals surface area contributed by atoms with E-state index in [1.165, 1.54) is 0 Å². The van der Waals surface area contributed by atoms with Gasteiger partial charge < -0.3 is 9.47 Å². The molecule has 6 nitrogen and oxygen atoms in total. The van der Waals surface area contributed by atoms with Crippen LogP contribution in [0.4, 0.5) is 0 Å². The standard InChI is InChI=1S/C15H24N2O4/c1-6-20-13(18)15(11(3)4,14(19)21-7-2)8-12-9-16-17(5)10-12/h9-11H,6-8H2,1-5H3. The fourth-order valence-electron chi connectivity index (χ4n) is 2.31. The molecule has 0 saturated carbocycles. The molecule has 0 bridgehead atoms. The molecule has 0 saturated heterocycles. The minimum atomic E-state index is -1.34. The molecular weight excluding hydrogens is 272 g/mol. The summed E-state index contributed by atoms with van der Waals surface area (Å²) in [7, 11) is 1.79. The van der Waals surface area contributed by atoms with E-state index < -0.39 is 17.4 Å². The lowest BCUT2D eigenvalue weighted by molar-refractivity contribution is -0.176. The minimum absolute atomic E-state index is 0.218. The van der Waals surface area contributed by atoms with E-state index in [4.69, 9.17) is 9.47 Å². The van der Waals surface area contributed by atoms with Gasteiger partial charge in [0.1, 0.15) is 0 Å². The average Bonchev–Trinajstić information content (AvgIpc) is 2.81. The fraction of sp³-hybridized carbons (Fsp3) is 0.667. The summed E-state index contributed by atoms with van der Waals surface area (Å²) in [6, 6.07) is 0. The molecule has 0 aliphatic heterocycles. The Morgan fingerprint density at radius 2 is 1.76 bits per heavy atom. The monoisotopic (exact) mass is 296 g/mol. The maximum absolute atomic E-state index is 12.5. The molecule has 0 aromatic carbocycles. The fourth-order valence-corrected chi connectivity index (χ4v) is 2.31. The minimum Gasteiger partial charge on any atom is -0.465 e. The van der Waals surface area contributed by atoms with Crippen LogP contribution in [0.5, 0.6) is 0 Å². The summed E-state index contributed by atoms with van der Waals surface area (Å²) in [6.45, 7) is 7.53. The van der Waals surface area contributed by atoms with Crippen molar-refractivity contribution in [2.24, 2.45) is 18.4 Å². The Bertz CT molecular complexity index is 476. The zero-order chi connectivity index (χ0) is 16.0. The molecule has 0 unspecified atom stereocenters. The van der Waals surface area contributed by atoms with Gasteiger partial charge in [-0.2, -0.15) is 5.10 Å². The second kappa shape index (κ2) is 7.24. The molecule has 1 aromatic heterocycles. The van der Waals surface area contributed by atoms with Gasteiger partial charge in [-0.3, -0.25) is 14.3 Å². The van der Waals surface area contributed by atoms with Crippen molar-refractivity contribution >= 4 is 11.9 Å². The van der Waals surface area contributed by atoms with Gasteiger partial charge in [0.2, 0.25) is 0 Å². The zero-order valence-corrected chi connectivity index (χ0v) is 13.4. The van der Waals surface area contributed by atoms with E-state index >= 15 is 0 Å². The third kappa shape index (κ3) is 3.62. The third-order valence-electron chi connectivity index (χ3n) is 3.51. The molecule has 0 amide bonds. The van der Waals surface area contributed by atoms with Crippen molar-refractivity contribution in [1.29, 1.82) is 0 Å². The lowest BCUT2D eigenvalue weighted by Gasteiger charge is -2.32. The Kier molecular flexibility index (Phi) is 5.93. The highest BCUT2D eigenvalue weighted by Gasteiger charge is 2.51. The highest BCUT2D eigenvalue weighted by Crippen LogP contribution is 2.35. The lowest BCUT2D eigenvalue weighted by atomic mass is 9.73. The van der Waals surface area contributed by atoms with E-state index in [-0.39, 0.29) is 25.6 Å². The summed E-state index contributed by atoms with van der Waals surface area (Å²) in [5.41, 5.74) is -0.540. The van der Waals surface area contributed by atoms with Gasteiger partial charge >= 0.3 is 11.9 Å². The van der Waals surface area contributed by atoms with Crippen molar-refractivity contribution in [2.45, 2.75) is 34.1 Å². The van der Waals surface area contributed by atoms with Crippen LogP contribution >= 0.6 is 0 Å². The van der Waals surface area contributed by atoms with Crippen molar-refractivity contribution in [2.75, 3.05) is 13.2 Å². The molecule has 1 heterocycles. The Labute approximate surface area is 125 Å². The van der Waals surface area contributed by atoms with Crippen molar-refractivity contribution < 1.29 is 19.1 Å². The second-order valence-corrected chi connectivity index (χ2v) is 5.27. The first kappa shape index (κ1) is 17.2. The molecule has 6 heteroatoms. The summed E-state index contributed by atoms with van der Waals surface area (Å²) in [6.07, 6.45) is 3.65. The van der Waals surface area contributed by atoms with Crippen LogP contribution in [-0.2, 0) is 32.5 Å².